The Labute approximate surface area is 79.7 Å². The lowest BCUT2D eigenvalue weighted by Gasteiger charge is -2.03. The van der Waals surface area contributed by atoms with Gasteiger partial charge in [0.15, 0.2) is 0 Å². The van der Waals surface area contributed by atoms with E-state index in [1.165, 1.54) is 0 Å². The fourth-order valence-electron chi connectivity index (χ4n) is 0.915. The molecule has 0 saturated heterocycles. The van der Waals surface area contributed by atoms with Crippen LogP contribution in [0.1, 0.15) is 11.1 Å². The Balaban J connectivity index is 3.21. The maximum Gasteiger partial charge on any atom is 0.0577 e. The molecular weight excluding hydrogens is 225 g/mol. The molecule has 1 aromatic carbocycles. The van der Waals surface area contributed by atoms with E-state index in [2.05, 4.69) is 15.9 Å². The van der Waals surface area contributed by atoms with E-state index >= 15 is 0 Å². The Morgan fingerprint density at radius 1 is 1.55 bits per heavy atom. The van der Waals surface area contributed by atoms with E-state index in [0.29, 0.717) is 6.54 Å². The minimum atomic E-state index is 0.552. The Morgan fingerprint density at radius 2 is 2.18 bits per heavy atom. The molecule has 0 heterocycles. The third kappa shape index (κ3) is 1.95. The zero-order valence-electron chi connectivity index (χ0n) is 6.20. The van der Waals surface area contributed by atoms with Crippen LogP contribution in [-0.2, 0) is 6.54 Å². The first-order valence-corrected chi connectivity index (χ1v) is 4.47. The van der Waals surface area contributed by atoms with Gasteiger partial charge in [-0.25, -0.2) is 0 Å². The molecule has 0 aliphatic carbocycles. The van der Waals surface area contributed by atoms with E-state index in [0.717, 1.165) is 20.6 Å². The average Bonchev–Trinajstić information content (AvgIpc) is 1.99. The van der Waals surface area contributed by atoms with Gasteiger partial charge in [-0.05, 0) is 40.0 Å². The topological polar surface area (TPSA) is 26.0 Å². The predicted octanol–water partition coefficient (Wildman–Crippen LogP) is 2.87. The van der Waals surface area contributed by atoms with Crippen LogP contribution >= 0.6 is 27.5 Å². The normalized spacial score (nSPS) is 10.2. The third-order valence-electron chi connectivity index (χ3n) is 1.51. The first-order chi connectivity index (χ1) is 5.15. The van der Waals surface area contributed by atoms with Crippen LogP contribution < -0.4 is 5.73 Å². The summed E-state index contributed by atoms with van der Waals surface area (Å²) in [5, 5.41) is 0.766. The van der Waals surface area contributed by atoms with Crippen molar-refractivity contribution in [3.63, 3.8) is 0 Å². The van der Waals surface area contributed by atoms with Gasteiger partial charge in [-0.2, -0.15) is 0 Å². The molecule has 0 amide bonds. The van der Waals surface area contributed by atoms with Crippen LogP contribution in [0.2, 0.25) is 5.02 Å². The number of benzene rings is 1. The first-order valence-electron chi connectivity index (χ1n) is 3.29. The third-order valence-corrected chi connectivity index (χ3v) is 2.86. The molecule has 1 nitrogen and oxygen atoms in total. The second-order valence-electron chi connectivity index (χ2n) is 2.41. The van der Waals surface area contributed by atoms with Crippen molar-refractivity contribution in [3.8, 4) is 0 Å². The molecule has 2 N–H and O–H groups in total. The summed E-state index contributed by atoms with van der Waals surface area (Å²) in [4.78, 5) is 0. The van der Waals surface area contributed by atoms with E-state index in [1.807, 2.05) is 19.1 Å². The zero-order valence-corrected chi connectivity index (χ0v) is 8.54. The Bertz CT molecular complexity index is 250. The largest absolute Gasteiger partial charge is 0.326 e. The van der Waals surface area contributed by atoms with E-state index < -0.39 is 0 Å². The van der Waals surface area contributed by atoms with Gasteiger partial charge in [-0.15, -0.1) is 0 Å². The van der Waals surface area contributed by atoms with Gasteiger partial charge in [-0.3, -0.25) is 0 Å². The van der Waals surface area contributed by atoms with Crippen LogP contribution in [0.4, 0.5) is 0 Å². The maximum atomic E-state index is 5.92. The quantitative estimate of drug-likeness (QED) is 0.794. The Kier molecular flexibility index (Phi) is 2.93. The minimum absolute atomic E-state index is 0.552. The highest BCUT2D eigenvalue weighted by Gasteiger charge is 2.01. The average molecular weight is 235 g/mol. The Hall–Kier alpha value is -0.0500. The summed E-state index contributed by atoms with van der Waals surface area (Å²) in [7, 11) is 0. The highest BCUT2D eigenvalue weighted by molar-refractivity contribution is 9.10. The summed E-state index contributed by atoms with van der Waals surface area (Å²) in [6.45, 7) is 2.52. The lowest BCUT2D eigenvalue weighted by atomic mass is 10.1. The molecule has 0 aliphatic rings. The van der Waals surface area contributed by atoms with Crippen LogP contribution in [0.15, 0.2) is 16.6 Å². The number of nitrogens with two attached hydrogens (primary N) is 1. The van der Waals surface area contributed by atoms with Crippen LogP contribution in [0.5, 0.6) is 0 Å². The van der Waals surface area contributed by atoms with Gasteiger partial charge in [0.05, 0.1) is 5.02 Å². The predicted molar refractivity (Wildman–Crippen MR) is 51.8 cm³/mol. The van der Waals surface area contributed by atoms with Crippen molar-refractivity contribution in [2.75, 3.05) is 0 Å². The van der Waals surface area contributed by atoms with Crippen LogP contribution in [-0.4, -0.2) is 0 Å². The minimum Gasteiger partial charge on any atom is -0.326 e. The molecule has 11 heavy (non-hydrogen) atoms. The standard InChI is InChI=1S/C8H9BrClN/c1-5-2-6(4-11)3-7(9)8(5)10/h2-3H,4,11H2,1H3. The Morgan fingerprint density at radius 3 is 2.64 bits per heavy atom. The summed E-state index contributed by atoms with van der Waals surface area (Å²) in [6.07, 6.45) is 0. The van der Waals surface area contributed by atoms with Crippen molar-refractivity contribution in [3.05, 3.63) is 32.8 Å². The molecule has 3 heteroatoms. The number of hydrogen-bond donors (Lipinski definition) is 1. The molecule has 0 radical (unpaired) electrons. The lowest BCUT2D eigenvalue weighted by Crippen LogP contribution is -1.96. The molecular formula is C8H9BrClN. The summed E-state index contributed by atoms with van der Waals surface area (Å²) in [5.74, 6) is 0. The highest BCUT2D eigenvalue weighted by atomic mass is 79.9. The maximum absolute atomic E-state index is 5.92. The summed E-state index contributed by atoms with van der Waals surface area (Å²) >= 11 is 9.27. The van der Waals surface area contributed by atoms with Crippen molar-refractivity contribution in [1.82, 2.24) is 0 Å². The molecule has 0 fully saturated rings. The first kappa shape index (κ1) is 9.04. The van der Waals surface area contributed by atoms with Crippen LogP contribution in [0.25, 0.3) is 0 Å². The number of aryl methyl sites for hydroxylation is 1. The zero-order chi connectivity index (χ0) is 8.43. The van der Waals surface area contributed by atoms with E-state index in [4.69, 9.17) is 17.3 Å². The molecule has 0 aliphatic heterocycles. The molecule has 0 aromatic heterocycles. The second kappa shape index (κ2) is 3.57. The second-order valence-corrected chi connectivity index (χ2v) is 3.64. The molecule has 1 rings (SSSR count). The molecule has 60 valence electrons. The number of halogens is 2. The van der Waals surface area contributed by atoms with Gasteiger partial charge in [0.1, 0.15) is 0 Å². The smallest absolute Gasteiger partial charge is 0.0577 e. The van der Waals surface area contributed by atoms with Gasteiger partial charge in [0, 0.05) is 11.0 Å². The van der Waals surface area contributed by atoms with Gasteiger partial charge < -0.3 is 5.73 Å². The number of hydrogen-bond acceptors (Lipinski definition) is 1. The lowest BCUT2D eigenvalue weighted by molar-refractivity contribution is 1.06. The summed E-state index contributed by atoms with van der Waals surface area (Å²) in [5.41, 5.74) is 7.63. The van der Waals surface area contributed by atoms with E-state index in [9.17, 15) is 0 Å². The SMILES string of the molecule is Cc1cc(CN)cc(Br)c1Cl. The van der Waals surface area contributed by atoms with Gasteiger partial charge >= 0.3 is 0 Å². The van der Waals surface area contributed by atoms with Crippen molar-refractivity contribution < 1.29 is 0 Å². The molecule has 1 aromatic rings. The highest BCUT2D eigenvalue weighted by Crippen LogP contribution is 2.27. The van der Waals surface area contributed by atoms with E-state index in [1.54, 1.807) is 0 Å². The van der Waals surface area contributed by atoms with Crippen molar-refractivity contribution in [2.24, 2.45) is 5.73 Å². The molecule has 0 bridgehead atoms. The fraction of sp³-hybridized carbons (Fsp3) is 0.250. The van der Waals surface area contributed by atoms with Gasteiger partial charge in [0.25, 0.3) is 0 Å². The van der Waals surface area contributed by atoms with E-state index in [-0.39, 0.29) is 0 Å². The van der Waals surface area contributed by atoms with Crippen LogP contribution in [0, 0.1) is 6.92 Å². The molecule has 0 unspecified atom stereocenters. The van der Waals surface area contributed by atoms with Crippen molar-refractivity contribution >= 4 is 27.5 Å². The molecule has 0 saturated carbocycles. The van der Waals surface area contributed by atoms with Crippen molar-refractivity contribution in [2.45, 2.75) is 13.5 Å². The monoisotopic (exact) mass is 233 g/mol. The fourth-order valence-corrected chi connectivity index (χ4v) is 1.63. The van der Waals surface area contributed by atoms with Gasteiger partial charge in [-0.1, -0.05) is 17.7 Å². The van der Waals surface area contributed by atoms with Crippen molar-refractivity contribution in [1.29, 1.82) is 0 Å². The molecule has 0 atom stereocenters. The summed E-state index contributed by atoms with van der Waals surface area (Å²) < 4.78 is 0.916. The summed E-state index contributed by atoms with van der Waals surface area (Å²) in [6, 6.07) is 3.93. The van der Waals surface area contributed by atoms with Crippen LogP contribution in [0.3, 0.4) is 0 Å². The van der Waals surface area contributed by atoms with Gasteiger partial charge in [0.2, 0.25) is 0 Å². The number of rotatable bonds is 1. The molecule has 0 spiro atoms.